The number of piperidine rings is 1. The lowest BCUT2D eigenvalue weighted by atomic mass is 9.80. The molecule has 3 aromatic carbocycles. The number of carbonyl (C=O) groups excluding carboxylic acids is 2. The van der Waals surface area contributed by atoms with Gasteiger partial charge >= 0.3 is 6.03 Å². The van der Waals surface area contributed by atoms with E-state index >= 15 is 0 Å². The van der Waals surface area contributed by atoms with Gasteiger partial charge in [0.05, 0.1) is 15.6 Å². The third kappa shape index (κ3) is 6.73. The molecule has 2 fully saturated rings. The van der Waals surface area contributed by atoms with Gasteiger partial charge in [-0.3, -0.25) is 14.6 Å². The molecule has 0 spiro atoms. The number of nitrogens with zero attached hydrogens (tertiary/aromatic N) is 3. The molecule has 6 nitrogen and oxygen atoms in total. The van der Waals surface area contributed by atoms with Crippen molar-refractivity contribution in [3.63, 3.8) is 0 Å². The molecule has 5 rings (SSSR count). The molecular weight excluding hydrogens is 579 g/mol. The molecule has 3 amide bonds. The van der Waals surface area contributed by atoms with E-state index < -0.39 is 0 Å². The van der Waals surface area contributed by atoms with Crippen molar-refractivity contribution >= 4 is 47.5 Å². The minimum atomic E-state index is -0.359. The van der Waals surface area contributed by atoms with Crippen LogP contribution in [0.1, 0.15) is 42.5 Å². The highest BCUT2D eigenvalue weighted by atomic mass is 35.5. The molecule has 0 bridgehead atoms. The molecule has 1 N–H and O–H groups in total. The van der Waals surface area contributed by atoms with E-state index in [4.69, 9.17) is 23.2 Å². The van der Waals surface area contributed by atoms with Gasteiger partial charge < -0.3 is 5.32 Å². The number of carbonyl (C=O) groups is 2. The van der Waals surface area contributed by atoms with Crippen molar-refractivity contribution in [1.29, 1.82) is 0 Å². The van der Waals surface area contributed by atoms with Crippen LogP contribution in [0.4, 0.5) is 4.79 Å². The van der Waals surface area contributed by atoms with Crippen LogP contribution < -0.4 is 5.32 Å². The third-order valence-electron chi connectivity index (χ3n) is 8.65. The number of amides is 3. The molecule has 2 saturated heterocycles. The molecule has 2 heterocycles. The number of nitrogens with one attached hydrogen (secondary N) is 1. The Morgan fingerprint density at radius 1 is 0.976 bits per heavy atom. The van der Waals surface area contributed by atoms with Crippen LogP contribution in [0.2, 0.25) is 10.0 Å². The van der Waals surface area contributed by atoms with Crippen LogP contribution in [0.15, 0.2) is 78.9 Å². The standard InChI is InChI=1S/C32H36Cl2N4O2.ClH/c1-24(39)35-32(27-11-7-4-8-12-27)15-17-37(18-16-32)19-20-38(22-25-9-5-3-6-10-25)23-30(36(2)31(38)40)26-13-14-28(33)29(34)21-26;/h3-14,21,30H,15-20,22-23H2,1-2H3;1H/p+1. The number of likely N-dealkylation sites (N-methyl/N-ethyl adjacent to an activating group) is 1. The van der Waals surface area contributed by atoms with Gasteiger partial charge in [-0.15, -0.1) is 12.4 Å². The Morgan fingerprint density at radius 2 is 1.61 bits per heavy atom. The highest BCUT2D eigenvalue weighted by Gasteiger charge is 2.51. The predicted octanol–water partition coefficient (Wildman–Crippen LogP) is 6.67. The first kappa shape index (κ1) is 31.3. The lowest BCUT2D eigenvalue weighted by Gasteiger charge is -2.43. The molecule has 41 heavy (non-hydrogen) atoms. The normalized spacial score (nSPS) is 22.3. The van der Waals surface area contributed by atoms with Crippen LogP contribution in [0.5, 0.6) is 0 Å². The van der Waals surface area contributed by atoms with Crippen LogP contribution in [0.25, 0.3) is 0 Å². The summed E-state index contributed by atoms with van der Waals surface area (Å²) >= 11 is 12.6. The second-order valence-corrected chi connectivity index (χ2v) is 12.1. The summed E-state index contributed by atoms with van der Waals surface area (Å²) < 4.78 is 0.345. The Hall–Kier alpha value is -2.61. The smallest absolute Gasteiger partial charge is 0.347 e. The van der Waals surface area contributed by atoms with Gasteiger partial charge in [0.15, 0.2) is 0 Å². The van der Waals surface area contributed by atoms with Gasteiger partial charge in [0.2, 0.25) is 5.91 Å². The van der Waals surface area contributed by atoms with E-state index in [1.165, 1.54) is 0 Å². The zero-order chi connectivity index (χ0) is 28.3. The topological polar surface area (TPSA) is 52.7 Å². The number of rotatable bonds is 8. The number of urea groups is 1. The zero-order valence-electron chi connectivity index (χ0n) is 23.6. The quantitative estimate of drug-likeness (QED) is 0.288. The highest BCUT2D eigenvalue weighted by Crippen LogP contribution is 2.38. The number of hydrogen-bond acceptors (Lipinski definition) is 3. The molecule has 2 aliphatic rings. The maximum Gasteiger partial charge on any atom is 0.420 e. The monoisotopic (exact) mass is 615 g/mol. The number of hydrogen-bond donors (Lipinski definition) is 1. The van der Waals surface area contributed by atoms with E-state index in [1.807, 2.05) is 66.5 Å². The van der Waals surface area contributed by atoms with Gasteiger partial charge in [0, 0.05) is 39.2 Å². The van der Waals surface area contributed by atoms with Crippen molar-refractivity contribution in [2.24, 2.45) is 0 Å². The summed E-state index contributed by atoms with van der Waals surface area (Å²) in [6, 6.07) is 26.2. The van der Waals surface area contributed by atoms with Crippen LogP contribution in [0, 0.1) is 0 Å². The van der Waals surface area contributed by atoms with E-state index in [2.05, 4.69) is 34.5 Å². The molecule has 2 unspecified atom stereocenters. The first-order chi connectivity index (χ1) is 19.2. The Balaban J connectivity index is 0.00000387. The van der Waals surface area contributed by atoms with Crippen LogP contribution in [0.3, 0.4) is 0 Å². The largest absolute Gasteiger partial charge is 0.420 e. The molecule has 0 aromatic heterocycles. The van der Waals surface area contributed by atoms with Gasteiger partial charge in [-0.2, -0.15) is 0 Å². The maximum absolute atomic E-state index is 14.0. The fourth-order valence-corrected chi connectivity index (χ4v) is 6.76. The number of benzene rings is 3. The second-order valence-electron chi connectivity index (χ2n) is 11.2. The molecule has 218 valence electrons. The van der Waals surface area contributed by atoms with Crippen molar-refractivity contribution in [3.05, 3.63) is 106 Å². The molecule has 2 atom stereocenters. The Labute approximate surface area is 259 Å². The van der Waals surface area contributed by atoms with E-state index in [1.54, 1.807) is 6.92 Å². The average Bonchev–Trinajstić information content (AvgIpc) is 3.20. The van der Waals surface area contributed by atoms with Gasteiger partial charge in [0.1, 0.15) is 25.7 Å². The molecule has 3 aromatic rings. The van der Waals surface area contributed by atoms with E-state index in [0.29, 0.717) is 34.2 Å². The minimum absolute atomic E-state index is 0. The number of quaternary nitrogens is 1. The van der Waals surface area contributed by atoms with Gasteiger partial charge in [-0.1, -0.05) is 89.9 Å². The number of halogens is 3. The molecule has 0 saturated carbocycles. The fraction of sp³-hybridized carbons (Fsp3) is 0.375. The van der Waals surface area contributed by atoms with Crippen molar-refractivity contribution in [2.75, 3.05) is 39.8 Å². The Kier molecular flexibility index (Phi) is 10.0. The lowest BCUT2D eigenvalue weighted by molar-refractivity contribution is -0.856. The first-order valence-corrected chi connectivity index (χ1v) is 14.7. The molecule has 9 heteroatoms. The summed E-state index contributed by atoms with van der Waals surface area (Å²) in [7, 11) is 1.89. The van der Waals surface area contributed by atoms with E-state index in [0.717, 1.165) is 49.2 Å². The Bertz CT molecular complexity index is 1350. The summed E-state index contributed by atoms with van der Waals surface area (Å²) in [5.41, 5.74) is 2.94. The highest BCUT2D eigenvalue weighted by molar-refractivity contribution is 6.42. The number of likely N-dealkylation sites (tertiary alicyclic amines) is 1. The second kappa shape index (κ2) is 13.1. The third-order valence-corrected chi connectivity index (χ3v) is 9.39. The van der Waals surface area contributed by atoms with Crippen LogP contribution in [-0.2, 0) is 16.9 Å². The summed E-state index contributed by atoms with van der Waals surface area (Å²) in [6.45, 7) is 6.08. The van der Waals surface area contributed by atoms with Crippen LogP contribution in [-0.4, -0.2) is 66.0 Å². The molecule has 2 aliphatic heterocycles. The minimum Gasteiger partial charge on any atom is -0.347 e. The average molecular weight is 617 g/mol. The van der Waals surface area contributed by atoms with Crippen LogP contribution >= 0.6 is 35.6 Å². The van der Waals surface area contributed by atoms with E-state index in [-0.39, 0.29) is 35.9 Å². The van der Waals surface area contributed by atoms with Gasteiger partial charge in [0.25, 0.3) is 0 Å². The molecule has 0 aliphatic carbocycles. The van der Waals surface area contributed by atoms with Crippen molar-refractivity contribution < 1.29 is 14.1 Å². The summed E-state index contributed by atoms with van der Waals surface area (Å²) in [6.07, 6.45) is 1.66. The van der Waals surface area contributed by atoms with Gasteiger partial charge in [-0.25, -0.2) is 9.28 Å². The summed E-state index contributed by atoms with van der Waals surface area (Å²) in [5, 5.41) is 4.28. The maximum atomic E-state index is 14.0. The SMILES string of the molecule is CC(=O)NC1(c2ccccc2)CCN(CC[N+]2(Cc3ccccc3)CC(c3ccc(Cl)c(Cl)c3)N(C)C2=O)CC1.Cl. The fourth-order valence-electron chi connectivity index (χ4n) is 6.45. The van der Waals surface area contributed by atoms with Crippen molar-refractivity contribution in [3.8, 4) is 0 Å². The van der Waals surface area contributed by atoms with Crippen molar-refractivity contribution in [1.82, 2.24) is 15.1 Å². The molecule has 0 radical (unpaired) electrons. The summed E-state index contributed by atoms with van der Waals surface area (Å²) in [4.78, 5) is 30.5. The summed E-state index contributed by atoms with van der Waals surface area (Å²) in [5.74, 6) is -0.0104. The lowest BCUT2D eigenvalue weighted by Crippen LogP contribution is -2.56. The van der Waals surface area contributed by atoms with Gasteiger partial charge in [-0.05, 0) is 36.1 Å². The predicted molar refractivity (Wildman–Crippen MR) is 167 cm³/mol. The zero-order valence-corrected chi connectivity index (χ0v) is 25.9. The Morgan fingerprint density at radius 3 is 2.22 bits per heavy atom. The van der Waals surface area contributed by atoms with E-state index in [9.17, 15) is 9.59 Å². The van der Waals surface area contributed by atoms with Crippen molar-refractivity contribution in [2.45, 2.75) is 37.9 Å². The molecular formula is C32H38Cl3N4O2+. The first-order valence-electron chi connectivity index (χ1n) is 13.9.